The number of anilines is 2. The number of rotatable bonds is 13. The quantitative estimate of drug-likeness (QED) is 0.0954. The summed E-state index contributed by atoms with van der Waals surface area (Å²) in [5, 5.41) is 14.5. The third-order valence-electron chi connectivity index (χ3n) is 11.5. The highest BCUT2D eigenvalue weighted by molar-refractivity contribution is 6.25. The first kappa shape index (κ1) is 39.8. The molecule has 0 radical (unpaired) electrons. The lowest BCUT2D eigenvalue weighted by molar-refractivity contribution is -0.138. The molecule has 5 heterocycles. The molecule has 1 aromatic heterocycles. The predicted molar refractivity (Wildman–Crippen MR) is 224 cm³/mol. The summed E-state index contributed by atoms with van der Waals surface area (Å²) in [5.74, 6) is -1.69. The van der Waals surface area contributed by atoms with Crippen molar-refractivity contribution in [3.05, 3.63) is 120 Å². The van der Waals surface area contributed by atoms with Crippen molar-refractivity contribution in [3.63, 3.8) is 0 Å². The fraction of sp³-hybridized carbons (Fsp3) is 0.311. The molecule has 2 atom stereocenters. The van der Waals surface area contributed by atoms with E-state index in [1.807, 2.05) is 54.7 Å². The van der Waals surface area contributed by atoms with Gasteiger partial charge >= 0.3 is 0 Å². The molecule has 3 N–H and O–H groups in total. The number of hydrogen-bond acceptors (Lipinski definition) is 11. The van der Waals surface area contributed by atoms with E-state index in [2.05, 4.69) is 42.5 Å². The molecule has 2 saturated heterocycles. The van der Waals surface area contributed by atoms with Crippen molar-refractivity contribution in [2.45, 2.75) is 57.0 Å². The zero-order valence-electron chi connectivity index (χ0n) is 33.0. The Morgan fingerprint density at radius 2 is 1.65 bits per heavy atom. The number of imide groups is 2. The molecule has 4 aliphatic rings. The molecule has 8 rings (SSSR count). The summed E-state index contributed by atoms with van der Waals surface area (Å²) >= 11 is 0. The van der Waals surface area contributed by atoms with Gasteiger partial charge in [0.15, 0.2) is 0 Å². The molecule has 2 fully saturated rings. The largest absolute Gasteiger partial charge is 0.384 e. The van der Waals surface area contributed by atoms with Crippen LogP contribution in [0.4, 0.5) is 11.5 Å². The molecule has 4 aliphatic heterocycles. The van der Waals surface area contributed by atoms with Crippen LogP contribution in [0.5, 0.6) is 0 Å². The van der Waals surface area contributed by atoms with E-state index in [4.69, 9.17) is 0 Å². The first-order valence-corrected chi connectivity index (χ1v) is 20.3. The van der Waals surface area contributed by atoms with Crippen LogP contribution in [-0.2, 0) is 14.4 Å². The van der Waals surface area contributed by atoms with E-state index in [0.717, 1.165) is 33.1 Å². The zero-order chi connectivity index (χ0) is 41.8. The molecule has 15 nitrogen and oxygen atoms in total. The highest BCUT2D eigenvalue weighted by atomic mass is 16.2. The Morgan fingerprint density at radius 1 is 0.867 bits per heavy atom. The van der Waals surface area contributed by atoms with Gasteiger partial charge in [-0.15, -0.1) is 0 Å². The summed E-state index contributed by atoms with van der Waals surface area (Å²) in [6.45, 7) is 6.24. The van der Waals surface area contributed by atoms with Gasteiger partial charge in [-0.25, -0.2) is 15.0 Å². The number of piperidine rings is 2. The van der Waals surface area contributed by atoms with Crippen molar-refractivity contribution in [3.8, 4) is 11.3 Å². The molecule has 6 amide bonds. The third kappa shape index (κ3) is 8.28. The van der Waals surface area contributed by atoms with Gasteiger partial charge < -0.3 is 15.5 Å². The summed E-state index contributed by atoms with van der Waals surface area (Å²) < 4.78 is 0. The molecule has 60 heavy (non-hydrogen) atoms. The Morgan fingerprint density at radius 3 is 2.42 bits per heavy atom. The van der Waals surface area contributed by atoms with E-state index < -0.39 is 29.7 Å². The van der Waals surface area contributed by atoms with E-state index in [-0.39, 0.29) is 54.3 Å². The first-order valence-electron chi connectivity index (χ1n) is 20.3. The van der Waals surface area contributed by atoms with E-state index >= 15 is 0 Å². The van der Waals surface area contributed by atoms with Crippen LogP contribution in [0, 0.1) is 5.92 Å². The molecule has 2 unspecified atom stereocenters. The minimum atomic E-state index is -1.03. The van der Waals surface area contributed by atoms with Gasteiger partial charge in [-0.1, -0.05) is 60.7 Å². The van der Waals surface area contributed by atoms with Gasteiger partial charge in [-0.2, -0.15) is 5.10 Å². The number of fused-ring (bicyclic) bond motifs is 1. The average molecular weight is 808 g/mol. The second-order valence-electron chi connectivity index (χ2n) is 15.4. The topological polar surface area (TPSA) is 186 Å². The van der Waals surface area contributed by atoms with E-state index in [1.54, 1.807) is 35.3 Å². The SMILES string of the molecule is C=C(CCCNc1cccc2c1C(=O)N(C1CCC(=O)NC1=O)C2=O)CNC(=O)c1ccc(-c2cc(N3CCC(C(=O)N4N=CCC4c4ccccc4)CC3)ncn2)cc1. The predicted octanol–water partition coefficient (Wildman–Crippen LogP) is 4.90. The van der Waals surface area contributed by atoms with Crippen LogP contribution in [-0.4, -0.2) is 93.8 Å². The van der Waals surface area contributed by atoms with Gasteiger partial charge in [0.2, 0.25) is 17.7 Å². The summed E-state index contributed by atoms with van der Waals surface area (Å²) in [7, 11) is 0. The number of hydrazone groups is 1. The number of hydrogen-bond donors (Lipinski definition) is 3. The van der Waals surface area contributed by atoms with Crippen molar-refractivity contribution >= 4 is 53.2 Å². The maximum atomic E-state index is 13.5. The smallest absolute Gasteiger partial charge is 0.264 e. The van der Waals surface area contributed by atoms with Crippen molar-refractivity contribution in [2.75, 3.05) is 36.4 Å². The number of amides is 6. The lowest BCUT2D eigenvalue weighted by atomic mass is 9.94. The molecular formula is C45H45N9O6. The van der Waals surface area contributed by atoms with Gasteiger partial charge in [0.25, 0.3) is 17.7 Å². The third-order valence-corrected chi connectivity index (χ3v) is 11.5. The fourth-order valence-electron chi connectivity index (χ4n) is 8.21. The van der Waals surface area contributed by atoms with Crippen LogP contribution in [0.2, 0.25) is 0 Å². The van der Waals surface area contributed by atoms with E-state index in [0.29, 0.717) is 63.0 Å². The summed E-state index contributed by atoms with van der Waals surface area (Å²) in [4.78, 5) is 89.2. The molecule has 0 spiro atoms. The minimum Gasteiger partial charge on any atom is -0.384 e. The van der Waals surface area contributed by atoms with Crippen LogP contribution in [0.1, 0.15) is 87.6 Å². The number of aromatic nitrogens is 2. The molecule has 306 valence electrons. The van der Waals surface area contributed by atoms with Crippen LogP contribution in [0.15, 0.2) is 102 Å². The number of nitrogens with one attached hydrogen (secondary N) is 3. The fourth-order valence-corrected chi connectivity index (χ4v) is 8.21. The highest BCUT2D eigenvalue weighted by Gasteiger charge is 2.45. The van der Waals surface area contributed by atoms with E-state index in [9.17, 15) is 28.8 Å². The lowest BCUT2D eigenvalue weighted by Gasteiger charge is -2.34. The van der Waals surface area contributed by atoms with Crippen molar-refractivity contribution in [1.82, 2.24) is 30.5 Å². The minimum absolute atomic E-state index is 0.0524. The lowest BCUT2D eigenvalue weighted by Crippen LogP contribution is -2.54. The average Bonchev–Trinajstić information content (AvgIpc) is 3.87. The highest BCUT2D eigenvalue weighted by Crippen LogP contribution is 2.34. The summed E-state index contributed by atoms with van der Waals surface area (Å²) in [6.07, 6.45) is 6.87. The second kappa shape index (κ2) is 17.4. The van der Waals surface area contributed by atoms with Crippen LogP contribution >= 0.6 is 0 Å². The Hall–Kier alpha value is -7.03. The molecule has 4 aromatic rings. The molecule has 0 aliphatic carbocycles. The number of benzene rings is 3. The van der Waals surface area contributed by atoms with Gasteiger partial charge in [0.1, 0.15) is 18.2 Å². The second-order valence-corrected chi connectivity index (χ2v) is 15.4. The standard InChI is InChI=1S/C45H45N9O6/c1-28(7-6-21-46-34-11-5-10-33-40(34)45(60)53(44(33)59)37-16-17-39(55)51-42(37)57)26-47-41(56)31-14-12-29(13-15-31)35-25-38(49-27-48-35)52-23-19-32(20-24-52)43(58)54-36(18-22-50-54)30-8-3-2-4-9-30/h2-5,8-15,22,25,27,32,36-37,46H,1,6-7,16-21,23-24,26H2,(H,47,56)(H,51,55,57). The molecule has 0 bridgehead atoms. The van der Waals surface area contributed by atoms with Crippen LogP contribution < -0.4 is 20.9 Å². The normalized spacial score (nSPS) is 19.0. The Labute approximate surface area is 346 Å². The van der Waals surface area contributed by atoms with Gasteiger partial charge in [-0.05, 0) is 61.9 Å². The summed E-state index contributed by atoms with van der Waals surface area (Å²) in [5.41, 5.74) is 4.88. The maximum absolute atomic E-state index is 13.5. The molecule has 3 aromatic carbocycles. The number of carbonyl (C=O) groups excluding carboxylic acids is 6. The van der Waals surface area contributed by atoms with Crippen LogP contribution in [0.3, 0.4) is 0 Å². The monoisotopic (exact) mass is 807 g/mol. The Kier molecular flexibility index (Phi) is 11.6. The zero-order valence-corrected chi connectivity index (χ0v) is 33.0. The molecule has 15 heteroatoms. The number of nitrogens with zero attached hydrogens (tertiary/aromatic N) is 6. The van der Waals surface area contributed by atoms with Gasteiger partial charge in [0, 0.05) is 74.0 Å². The van der Waals surface area contributed by atoms with Crippen molar-refractivity contribution < 1.29 is 28.8 Å². The maximum Gasteiger partial charge on any atom is 0.264 e. The molecular weight excluding hydrogens is 763 g/mol. The summed E-state index contributed by atoms with van der Waals surface area (Å²) in [6, 6.07) is 23.0. The van der Waals surface area contributed by atoms with Crippen LogP contribution in [0.25, 0.3) is 11.3 Å². The first-order chi connectivity index (χ1) is 29.2. The molecule has 0 saturated carbocycles. The van der Waals surface area contributed by atoms with Crippen molar-refractivity contribution in [2.24, 2.45) is 11.0 Å². The number of carbonyl (C=O) groups is 6. The van der Waals surface area contributed by atoms with Gasteiger partial charge in [-0.3, -0.25) is 39.0 Å². The van der Waals surface area contributed by atoms with Gasteiger partial charge in [0.05, 0.1) is 22.9 Å². The Balaban J connectivity index is 0.780. The van der Waals surface area contributed by atoms with E-state index in [1.165, 1.54) is 6.33 Å². The van der Waals surface area contributed by atoms with Crippen molar-refractivity contribution in [1.29, 1.82) is 0 Å². The Bertz CT molecular complexity index is 2380.